The number of hydrogen-bond acceptors (Lipinski definition) is 6. The molecule has 2 heterocycles. The minimum absolute atomic E-state index is 0.00555. The Morgan fingerprint density at radius 2 is 1.93 bits per heavy atom. The van der Waals surface area contributed by atoms with Crippen molar-refractivity contribution in [3.8, 4) is 5.75 Å². The van der Waals surface area contributed by atoms with Crippen molar-refractivity contribution < 1.29 is 23.1 Å². The van der Waals surface area contributed by atoms with Crippen LogP contribution >= 0.6 is 11.6 Å². The number of para-hydroxylation sites is 1. The minimum Gasteiger partial charge on any atom is -0.488 e. The molecule has 11 heteroatoms. The maximum Gasteiger partial charge on any atom is 0.310 e. The predicted octanol–water partition coefficient (Wildman–Crippen LogP) is 5.53. The lowest BCUT2D eigenvalue weighted by atomic mass is 9.70. The third kappa shape index (κ3) is 5.09. The Kier molecular flexibility index (Phi) is 7.61. The van der Waals surface area contributed by atoms with Crippen molar-refractivity contribution in [3.05, 3.63) is 81.9 Å². The maximum absolute atomic E-state index is 13.8. The van der Waals surface area contributed by atoms with Crippen molar-refractivity contribution in [1.82, 2.24) is 19.3 Å². The first-order valence-corrected chi connectivity index (χ1v) is 15.2. The highest BCUT2D eigenvalue weighted by Gasteiger charge is 2.41. The zero-order valence-corrected chi connectivity index (χ0v) is 25.2. The van der Waals surface area contributed by atoms with E-state index >= 15 is 0 Å². The van der Waals surface area contributed by atoms with Gasteiger partial charge in [-0.1, -0.05) is 54.1 Å². The summed E-state index contributed by atoms with van der Waals surface area (Å²) in [5.41, 5.74) is 3.24. The van der Waals surface area contributed by atoms with Crippen LogP contribution in [0.2, 0.25) is 5.02 Å². The first-order valence-electron chi connectivity index (χ1n) is 13.4. The van der Waals surface area contributed by atoms with Gasteiger partial charge in [-0.05, 0) is 73.7 Å². The van der Waals surface area contributed by atoms with E-state index in [4.69, 9.17) is 16.3 Å². The van der Waals surface area contributed by atoms with Crippen LogP contribution in [0.1, 0.15) is 55.4 Å². The molecule has 0 amide bonds. The number of fused-ring (bicyclic) bond motifs is 2. The van der Waals surface area contributed by atoms with Crippen molar-refractivity contribution in [2.24, 2.45) is 12.5 Å². The molecule has 216 valence electrons. The molecule has 1 N–H and O–H groups in total. The molecular weight excluding hydrogens is 564 g/mol. The SMILES string of the molecule is CC[C@@H]1CN(Cc2cc(C(c3ccc4c(nnn4C)c3C)C(C)(C)C(=O)O)ccc2Cl)S(=O)(=O)c2ccccc2O1. The molecule has 0 radical (unpaired) electrons. The maximum atomic E-state index is 13.8. The van der Waals surface area contributed by atoms with Crippen molar-refractivity contribution in [2.45, 2.75) is 57.6 Å². The molecule has 1 aromatic heterocycles. The van der Waals surface area contributed by atoms with E-state index in [-0.39, 0.29) is 24.1 Å². The summed E-state index contributed by atoms with van der Waals surface area (Å²) in [4.78, 5) is 12.7. The van der Waals surface area contributed by atoms with Crippen molar-refractivity contribution in [2.75, 3.05) is 6.54 Å². The van der Waals surface area contributed by atoms with Gasteiger partial charge in [0.25, 0.3) is 0 Å². The molecule has 5 rings (SSSR count). The Hall–Kier alpha value is -3.47. The summed E-state index contributed by atoms with van der Waals surface area (Å²) in [6.45, 7) is 7.40. The normalized spacial score (nSPS) is 18.0. The summed E-state index contributed by atoms with van der Waals surface area (Å²) in [6.07, 6.45) is 0.281. The van der Waals surface area contributed by atoms with Crippen LogP contribution in [0, 0.1) is 12.3 Å². The van der Waals surface area contributed by atoms with Crippen molar-refractivity contribution in [1.29, 1.82) is 0 Å². The molecule has 0 saturated carbocycles. The van der Waals surface area contributed by atoms with Gasteiger partial charge in [0.2, 0.25) is 10.0 Å². The zero-order chi connectivity index (χ0) is 29.7. The summed E-state index contributed by atoms with van der Waals surface area (Å²) in [7, 11) is -2.09. The number of rotatable bonds is 7. The second kappa shape index (κ2) is 10.7. The third-order valence-electron chi connectivity index (χ3n) is 8.04. The number of aryl methyl sites for hydroxylation is 2. The average molecular weight is 597 g/mol. The number of carbonyl (C=O) groups is 1. The van der Waals surface area contributed by atoms with Gasteiger partial charge in [0.1, 0.15) is 22.3 Å². The number of halogens is 1. The predicted molar refractivity (Wildman–Crippen MR) is 157 cm³/mol. The van der Waals surface area contributed by atoms with E-state index in [1.165, 1.54) is 4.31 Å². The minimum atomic E-state index is -3.90. The first kappa shape index (κ1) is 29.0. The molecule has 9 nitrogen and oxygen atoms in total. The number of aliphatic carboxylic acids is 1. The Morgan fingerprint density at radius 3 is 2.63 bits per heavy atom. The molecule has 41 heavy (non-hydrogen) atoms. The molecule has 0 bridgehead atoms. The molecule has 3 aromatic carbocycles. The average Bonchev–Trinajstić information content (AvgIpc) is 3.27. The molecule has 0 saturated heterocycles. The molecule has 0 fully saturated rings. The van der Waals surface area contributed by atoms with Crippen LogP contribution in [-0.4, -0.2) is 51.4 Å². The van der Waals surface area contributed by atoms with Gasteiger partial charge < -0.3 is 9.84 Å². The quantitative estimate of drug-likeness (QED) is 0.298. The molecular formula is C30H33ClN4O5S. The number of ether oxygens (including phenoxy) is 1. The summed E-state index contributed by atoms with van der Waals surface area (Å²) >= 11 is 6.67. The Balaban J connectivity index is 1.62. The highest BCUT2D eigenvalue weighted by molar-refractivity contribution is 7.89. The molecule has 0 spiro atoms. The topological polar surface area (TPSA) is 115 Å². The number of hydrogen-bond donors (Lipinski definition) is 1. The lowest BCUT2D eigenvalue weighted by Crippen LogP contribution is -2.36. The summed E-state index contributed by atoms with van der Waals surface area (Å²) in [5.74, 6) is -1.22. The zero-order valence-electron chi connectivity index (χ0n) is 23.6. The van der Waals surface area contributed by atoms with Crippen LogP contribution in [0.4, 0.5) is 0 Å². The van der Waals surface area contributed by atoms with E-state index in [9.17, 15) is 18.3 Å². The number of carboxylic acids is 1. The van der Waals surface area contributed by atoms with Crippen LogP contribution in [0.5, 0.6) is 5.75 Å². The van der Waals surface area contributed by atoms with Gasteiger partial charge >= 0.3 is 5.97 Å². The standard InChI is InChI=1S/C30H33ClN4O5S/c1-6-21-17-35(41(38,39)26-10-8-7-9-25(26)40-21)16-20-15-19(11-13-23(20)31)27(30(3,4)29(36)37)22-12-14-24-28(18(22)2)32-33-34(24)5/h7-15,21,27H,6,16-17H2,1-5H3,(H,36,37)/t21-,27?/m1/s1. The summed E-state index contributed by atoms with van der Waals surface area (Å²) < 4.78 is 36.7. The lowest BCUT2D eigenvalue weighted by Gasteiger charge is -2.33. The van der Waals surface area contributed by atoms with Gasteiger partial charge in [-0.3, -0.25) is 4.79 Å². The highest BCUT2D eigenvalue weighted by Crippen LogP contribution is 2.44. The molecule has 1 aliphatic heterocycles. The van der Waals surface area contributed by atoms with Crippen LogP contribution in [0.15, 0.2) is 59.5 Å². The monoisotopic (exact) mass is 596 g/mol. The van der Waals surface area contributed by atoms with Crippen LogP contribution < -0.4 is 4.74 Å². The fourth-order valence-electron chi connectivity index (χ4n) is 5.56. The van der Waals surface area contributed by atoms with E-state index < -0.39 is 27.3 Å². The van der Waals surface area contributed by atoms with E-state index in [0.717, 1.165) is 16.6 Å². The third-order valence-corrected chi connectivity index (χ3v) is 10.3. The first-order chi connectivity index (χ1) is 19.4. The number of aromatic nitrogens is 3. The van der Waals surface area contributed by atoms with E-state index in [2.05, 4.69) is 10.3 Å². The number of sulfonamides is 1. The van der Waals surface area contributed by atoms with Crippen molar-refractivity contribution >= 4 is 38.6 Å². The number of nitrogens with zero attached hydrogens (tertiary/aromatic N) is 4. The van der Waals surface area contributed by atoms with Crippen LogP contribution in [0.3, 0.4) is 0 Å². The Bertz CT molecular complexity index is 1750. The van der Waals surface area contributed by atoms with Gasteiger partial charge in [-0.2, -0.15) is 4.31 Å². The molecule has 0 aliphatic carbocycles. The number of carboxylic acid groups (broad SMARTS) is 1. The van der Waals surface area contributed by atoms with Gasteiger partial charge in [0, 0.05) is 24.5 Å². The van der Waals surface area contributed by atoms with Gasteiger partial charge in [-0.25, -0.2) is 13.1 Å². The largest absolute Gasteiger partial charge is 0.488 e. The van der Waals surface area contributed by atoms with E-state index in [0.29, 0.717) is 33.8 Å². The van der Waals surface area contributed by atoms with E-state index in [1.54, 1.807) is 48.9 Å². The Labute approximate surface area is 244 Å². The smallest absolute Gasteiger partial charge is 0.310 e. The van der Waals surface area contributed by atoms with Crippen molar-refractivity contribution in [3.63, 3.8) is 0 Å². The van der Waals surface area contributed by atoms with Gasteiger partial charge in [0.15, 0.2) is 0 Å². The lowest BCUT2D eigenvalue weighted by molar-refractivity contribution is -0.147. The highest BCUT2D eigenvalue weighted by atomic mass is 35.5. The molecule has 4 aromatic rings. The summed E-state index contributed by atoms with van der Waals surface area (Å²) in [6, 6.07) is 15.8. The molecule has 1 unspecified atom stereocenters. The second-order valence-corrected chi connectivity index (χ2v) is 13.4. The van der Waals surface area contributed by atoms with Gasteiger partial charge in [-0.15, -0.1) is 5.10 Å². The van der Waals surface area contributed by atoms with E-state index in [1.807, 2.05) is 45.2 Å². The number of benzene rings is 3. The van der Waals surface area contributed by atoms with Crippen LogP contribution in [0.25, 0.3) is 11.0 Å². The van der Waals surface area contributed by atoms with Crippen LogP contribution in [-0.2, 0) is 28.4 Å². The Morgan fingerprint density at radius 1 is 1.20 bits per heavy atom. The molecule has 2 atom stereocenters. The second-order valence-electron chi connectivity index (χ2n) is 11.1. The summed E-state index contributed by atoms with van der Waals surface area (Å²) in [5, 5.41) is 19.1. The fourth-order valence-corrected chi connectivity index (χ4v) is 7.31. The van der Waals surface area contributed by atoms with Gasteiger partial charge in [0.05, 0.1) is 17.5 Å². The fraction of sp³-hybridized carbons (Fsp3) is 0.367. The molecule has 1 aliphatic rings.